The summed E-state index contributed by atoms with van der Waals surface area (Å²) in [6.07, 6.45) is 11.4. The molecule has 5 heteroatoms. The van der Waals surface area contributed by atoms with E-state index in [0.717, 1.165) is 44.9 Å². The molecule has 114 valence electrons. The quantitative estimate of drug-likeness (QED) is 0.320. The summed E-state index contributed by atoms with van der Waals surface area (Å²) in [7, 11) is 0. The van der Waals surface area contributed by atoms with Gasteiger partial charge in [-0.2, -0.15) is 0 Å². The lowest BCUT2D eigenvalue weighted by atomic mass is 9.80. The van der Waals surface area contributed by atoms with Gasteiger partial charge in [0.15, 0.2) is 5.84 Å². The van der Waals surface area contributed by atoms with Crippen molar-refractivity contribution in [3.05, 3.63) is 0 Å². The molecule has 0 atom stereocenters. The molecule has 1 amide bonds. The van der Waals surface area contributed by atoms with Crippen molar-refractivity contribution in [3.8, 4) is 0 Å². The largest absolute Gasteiger partial charge is 0.409 e. The van der Waals surface area contributed by atoms with Crippen LogP contribution in [-0.4, -0.2) is 22.5 Å². The summed E-state index contributed by atoms with van der Waals surface area (Å²) < 4.78 is 0. The molecule has 2 rings (SSSR count). The van der Waals surface area contributed by atoms with Crippen LogP contribution in [0.5, 0.6) is 0 Å². The highest BCUT2D eigenvalue weighted by Crippen LogP contribution is 2.30. The number of nitrogens with two attached hydrogens (primary N) is 1. The first-order valence-corrected chi connectivity index (χ1v) is 7.95. The normalized spacial score (nSPS) is 24.3. The summed E-state index contributed by atoms with van der Waals surface area (Å²) >= 11 is 0. The molecule has 0 heterocycles. The van der Waals surface area contributed by atoms with Gasteiger partial charge in [0.1, 0.15) is 5.54 Å². The van der Waals surface area contributed by atoms with Crippen LogP contribution in [0.2, 0.25) is 0 Å². The first-order chi connectivity index (χ1) is 9.66. The molecule has 0 bridgehead atoms. The van der Waals surface area contributed by atoms with Gasteiger partial charge in [-0.15, -0.1) is 0 Å². The Balaban J connectivity index is 1.94. The topological polar surface area (TPSA) is 87.7 Å². The van der Waals surface area contributed by atoms with E-state index in [1.54, 1.807) is 0 Å². The van der Waals surface area contributed by atoms with Crippen LogP contribution in [0.15, 0.2) is 5.16 Å². The second kappa shape index (κ2) is 6.95. The molecule has 0 aliphatic heterocycles. The lowest BCUT2D eigenvalue weighted by Gasteiger charge is -2.37. The summed E-state index contributed by atoms with van der Waals surface area (Å²) in [5.74, 6) is 0.733. The third kappa shape index (κ3) is 3.64. The maximum Gasteiger partial charge on any atom is 0.221 e. The second-order valence-electron chi connectivity index (χ2n) is 6.38. The minimum Gasteiger partial charge on any atom is -0.409 e. The number of nitrogens with one attached hydrogen (secondary N) is 1. The summed E-state index contributed by atoms with van der Waals surface area (Å²) in [6.45, 7) is 0. The Morgan fingerprint density at radius 1 is 1.15 bits per heavy atom. The smallest absolute Gasteiger partial charge is 0.221 e. The van der Waals surface area contributed by atoms with Crippen LogP contribution in [0.1, 0.15) is 70.6 Å². The van der Waals surface area contributed by atoms with Crippen LogP contribution in [0.3, 0.4) is 0 Å². The average Bonchev–Trinajstić information content (AvgIpc) is 2.48. The zero-order valence-corrected chi connectivity index (χ0v) is 12.2. The van der Waals surface area contributed by atoms with E-state index in [-0.39, 0.29) is 11.7 Å². The van der Waals surface area contributed by atoms with Crippen molar-refractivity contribution in [2.75, 3.05) is 0 Å². The third-order valence-electron chi connectivity index (χ3n) is 4.88. The highest BCUT2D eigenvalue weighted by atomic mass is 16.4. The maximum absolute atomic E-state index is 12.3. The standard InChI is InChI=1S/C15H27N3O2/c16-14(18-20)15(9-5-2-6-10-15)17-13(19)11-12-7-3-1-4-8-12/h12,20H,1-11H2,(H2,16,18)(H,17,19). The molecular formula is C15H27N3O2. The fourth-order valence-corrected chi connectivity index (χ4v) is 3.67. The molecule has 0 aromatic rings. The van der Waals surface area contributed by atoms with Crippen molar-refractivity contribution in [1.82, 2.24) is 5.32 Å². The lowest BCUT2D eigenvalue weighted by molar-refractivity contribution is -0.123. The molecule has 2 saturated carbocycles. The summed E-state index contributed by atoms with van der Waals surface area (Å²) in [4.78, 5) is 12.3. The van der Waals surface area contributed by atoms with Gasteiger partial charge in [0, 0.05) is 6.42 Å². The van der Waals surface area contributed by atoms with Gasteiger partial charge in [0.05, 0.1) is 0 Å². The van der Waals surface area contributed by atoms with Gasteiger partial charge in [0.2, 0.25) is 5.91 Å². The van der Waals surface area contributed by atoms with E-state index in [2.05, 4.69) is 10.5 Å². The van der Waals surface area contributed by atoms with E-state index in [0.29, 0.717) is 12.3 Å². The van der Waals surface area contributed by atoms with E-state index in [4.69, 9.17) is 10.9 Å². The van der Waals surface area contributed by atoms with E-state index in [1.807, 2.05) is 0 Å². The van der Waals surface area contributed by atoms with E-state index >= 15 is 0 Å². The van der Waals surface area contributed by atoms with Gasteiger partial charge in [-0.25, -0.2) is 0 Å². The lowest BCUT2D eigenvalue weighted by Crippen LogP contribution is -2.58. The van der Waals surface area contributed by atoms with E-state index < -0.39 is 5.54 Å². The van der Waals surface area contributed by atoms with Crippen LogP contribution in [0.4, 0.5) is 0 Å². The molecule has 0 aromatic heterocycles. The SMILES string of the molecule is N/C(=N/O)C1(NC(=O)CC2CCCCC2)CCCCC1. The molecule has 0 radical (unpaired) electrons. The Morgan fingerprint density at radius 2 is 1.75 bits per heavy atom. The minimum atomic E-state index is -0.612. The van der Waals surface area contributed by atoms with E-state index in [1.165, 1.54) is 19.3 Å². The monoisotopic (exact) mass is 281 g/mol. The van der Waals surface area contributed by atoms with E-state index in [9.17, 15) is 4.79 Å². The fourth-order valence-electron chi connectivity index (χ4n) is 3.67. The number of hydrogen-bond acceptors (Lipinski definition) is 3. The zero-order chi connectivity index (χ0) is 14.4. The number of carbonyl (C=O) groups is 1. The molecule has 5 nitrogen and oxygen atoms in total. The number of oxime groups is 1. The van der Waals surface area contributed by atoms with Crippen molar-refractivity contribution in [1.29, 1.82) is 0 Å². The predicted molar refractivity (Wildman–Crippen MR) is 78.6 cm³/mol. The number of hydrogen-bond donors (Lipinski definition) is 3. The van der Waals surface area contributed by atoms with Crippen molar-refractivity contribution in [2.45, 2.75) is 76.2 Å². The Labute approximate surface area is 121 Å². The number of rotatable bonds is 4. The Bertz CT molecular complexity index is 356. The molecule has 2 fully saturated rings. The van der Waals surface area contributed by atoms with Gasteiger partial charge in [-0.05, 0) is 31.6 Å². The van der Waals surface area contributed by atoms with Gasteiger partial charge in [0.25, 0.3) is 0 Å². The molecule has 4 N–H and O–H groups in total. The molecule has 0 spiro atoms. The number of nitrogens with zero attached hydrogens (tertiary/aromatic N) is 1. The summed E-state index contributed by atoms with van der Waals surface area (Å²) in [6, 6.07) is 0. The van der Waals surface area contributed by atoms with Crippen LogP contribution < -0.4 is 11.1 Å². The first kappa shape index (κ1) is 15.1. The van der Waals surface area contributed by atoms with Gasteiger partial charge in [-0.3, -0.25) is 4.79 Å². The van der Waals surface area contributed by atoms with Crippen molar-refractivity contribution in [3.63, 3.8) is 0 Å². The second-order valence-corrected chi connectivity index (χ2v) is 6.38. The number of amides is 1. The van der Waals surface area contributed by atoms with Gasteiger partial charge >= 0.3 is 0 Å². The molecular weight excluding hydrogens is 254 g/mol. The molecule has 20 heavy (non-hydrogen) atoms. The van der Waals surface area contributed by atoms with Crippen LogP contribution in [-0.2, 0) is 4.79 Å². The van der Waals surface area contributed by atoms with Crippen LogP contribution >= 0.6 is 0 Å². The van der Waals surface area contributed by atoms with Crippen LogP contribution in [0.25, 0.3) is 0 Å². The van der Waals surface area contributed by atoms with Gasteiger partial charge < -0.3 is 16.3 Å². The molecule has 2 aliphatic carbocycles. The maximum atomic E-state index is 12.3. The highest BCUT2D eigenvalue weighted by molar-refractivity contribution is 5.94. The third-order valence-corrected chi connectivity index (χ3v) is 4.88. The Hall–Kier alpha value is -1.26. The van der Waals surface area contributed by atoms with Crippen molar-refractivity contribution < 1.29 is 10.0 Å². The fraction of sp³-hybridized carbons (Fsp3) is 0.867. The van der Waals surface area contributed by atoms with Crippen LogP contribution in [0, 0.1) is 5.92 Å². The molecule has 0 saturated heterocycles. The molecule has 0 aromatic carbocycles. The summed E-state index contributed by atoms with van der Waals surface area (Å²) in [5.41, 5.74) is 5.24. The number of carbonyl (C=O) groups excluding carboxylic acids is 1. The number of amidine groups is 1. The predicted octanol–water partition coefficient (Wildman–Crippen LogP) is 2.52. The zero-order valence-electron chi connectivity index (χ0n) is 12.2. The average molecular weight is 281 g/mol. The highest BCUT2D eigenvalue weighted by Gasteiger charge is 2.38. The molecule has 0 unspecified atom stereocenters. The van der Waals surface area contributed by atoms with Crippen molar-refractivity contribution in [2.24, 2.45) is 16.8 Å². The summed E-state index contributed by atoms with van der Waals surface area (Å²) in [5, 5.41) is 15.2. The Kier molecular flexibility index (Phi) is 5.26. The first-order valence-electron chi connectivity index (χ1n) is 7.95. The van der Waals surface area contributed by atoms with Crippen molar-refractivity contribution >= 4 is 11.7 Å². The Morgan fingerprint density at radius 3 is 2.35 bits per heavy atom. The van der Waals surface area contributed by atoms with Gasteiger partial charge in [-0.1, -0.05) is 43.7 Å². The molecule has 2 aliphatic rings. The minimum absolute atomic E-state index is 0.0606.